The molecule has 0 saturated carbocycles. The quantitative estimate of drug-likeness (QED) is 0.664. The number of aryl methyl sites for hydroxylation is 1. The molecule has 3 aromatic rings. The summed E-state index contributed by atoms with van der Waals surface area (Å²) in [5.74, 6) is 1.64. The first-order valence-corrected chi connectivity index (χ1v) is 7.79. The van der Waals surface area contributed by atoms with E-state index in [0.717, 1.165) is 15.8 Å². The number of amides is 1. The number of aromatic nitrogens is 1. The zero-order valence-corrected chi connectivity index (χ0v) is 13.2. The maximum atomic E-state index is 13.3. The molecule has 0 fully saturated rings. The van der Waals surface area contributed by atoms with E-state index in [9.17, 15) is 9.18 Å². The summed E-state index contributed by atoms with van der Waals surface area (Å²) in [5, 5.41) is 0. The Morgan fingerprint density at radius 1 is 1.35 bits per heavy atom. The molecule has 5 heteroatoms. The molecule has 114 valence electrons. The average molecular weight is 324 g/mol. The summed E-state index contributed by atoms with van der Waals surface area (Å²) in [7, 11) is 0. The number of nitrogens with zero attached hydrogens (tertiary/aromatic N) is 2. The van der Waals surface area contributed by atoms with Crippen molar-refractivity contribution in [3.63, 3.8) is 0 Å². The minimum absolute atomic E-state index is 0.214. The lowest BCUT2D eigenvalue weighted by atomic mass is 10.2. The largest absolute Gasteiger partial charge is 0.304 e. The van der Waals surface area contributed by atoms with E-state index < -0.39 is 11.7 Å². The molecule has 1 amide bonds. The highest BCUT2D eigenvalue weighted by atomic mass is 32.1. The van der Waals surface area contributed by atoms with Crippen LogP contribution in [0, 0.1) is 25.1 Å². The summed E-state index contributed by atoms with van der Waals surface area (Å²) in [6.07, 6.45) is 5.45. The highest BCUT2D eigenvalue weighted by Crippen LogP contribution is 2.20. The fraction of sp³-hybridized carbons (Fsp3) is 0.111. The molecule has 0 saturated heterocycles. The highest BCUT2D eigenvalue weighted by Gasteiger charge is 2.10. The zero-order valence-electron chi connectivity index (χ0n) is 12.4. The van der Waals surface area contributed by atoms with Crippen LogP contribution in [0.3, 0.4) is 0 Å². The lowest BCUT2D eigenvalue weighted by Crippen LogP contribution is -2.17. The number of thiazole rings is 1. The van der Waals surface area contributed by atoms with Gasteiger partial charge in [-0.05, 0) is 36.8 Å². The predicted molar refractivity (Wildman–Crippen MR) is 89.7 cm³/mol. The molecule has 0 aliphatic rings. The van der Waals surface area contributed by atoms with Gasteiger partial charge in [0.2, 0.25) is 0 Å². The van der Waals surface area contributed by atoms with Crippen LogP contribution in [-0.2, 0) is 6.54 Å². The number of halogens is 1. The third kappa shape index (κ3) is 2.94. The second-order valence-electron chi connectivity index (χ2n) is 5.02. The van der Waals surface area contributed by atoms with Crippen LogP contribution in [0.2, 0.25) is 0 Å². The van der Waals surface area contributed by atoms with Crippen LogP contribution in [0.1, 0.15) is 15.9 Å². The number of hydrogen-bond donors (Lipinski definition) is 0. The van der Waals surface area contributed by atoms with E-state index in [1.54, 1.807) is 6.07 Å². The van der Waals surface area contributed by atoms with Crippen LogP contribution in [0.4, 0.5) is 4.39 Å². The lowest BCUT2D eigenvalue weighted by Gasteiger charge is -2.02. The van der Waals surface area contributed by atoms with E-state index in [0.29, 0.717) is 11.3 Å². The Morgan fingerprint density at radius 2 is 2.13 bits per heavy atom. The normalized spacial score (nSPS) is 11.6. The van der Waals surface area contributed by atoms with E-state index in [1.807, 2.05) is 29.7 Å². The third-order valence-electron chi connectivity index (χ3n) is 3.42. The van der Waals surface area contributed by atoms with Crippen molar-refractivity contribution in [1.29, 1.82) is 0 Å². The van der Waals surface area contributed by atoms with Crippen molar-refractivity contribution in [2.45, 2.75) is 13.5 Å². The van der Waals surface area contributed by atoms with Gasteiger partial charge in [0, 0.05) is 5.56 Å². The maximum absolute atomic E-state index is 13.3. The standard InChI is InChI=1S/C18H13FN2OS/c1-3-10-21-16-12(2)6-4-9-15(16)23-18(21)20-17(22)13-7-5-8-14(19)11-13/h1,4-9,11H,10H2,2H3. The van der Waals surface area contributed by atoms with E-state index >= 15 is 0 Å². The molecule has 2 aromatic carbocycles. The second-order valence-corrected chi connectivity index (χ2v) is 6.03. The van der Waals surface area contributed by atoms with E-state index in [4.69, 9.17) is 6.42 Å². The molecule has 0 unspecified atom stereocenters. The topological polar surface area (TPSA) is 34.4 Å². The number of hydrogen-bond acceptors (Lipinski definition) is 2. The second kappa shape index (κ2) is 6.19. The smallest absolute Gasteiger partial charge is 0.279 e. The summed E-state index contributed by atoms with van der Waals surface area (Å²) < 4.78 is 16.1. The highest BCUT2D eigenvalue weighted by molar-refractivity contribution is 7.16. The monoisotopic (exact) mass is 324 g/mol. The third-order valence-corrected chi connectivity index (χ3v) is 4.46. The number of fused-ring (bicyclic) bond motifs is 1. The molecule has 23 heavy (non-hydrogen) atoms. The minimum atomic E-state index is -0.487. The lowest BCUT2D eigenvalue weighted by molar-refractivity contribution is 0.0997. The minimum Gasteiger partial charge on any atom is -0.304 e. The molecule has 0 N–H and O–H groups in total. The van der Waals surface area contributed by atoms with E-state index in [2.05, 4.69) is 10.9 Å². The van der Waals surface area contributed by atoms with Crippen LogP contribution >= 0.6 is 11.3 Å². The zero-order chi connectivity index (χ0) is 16.4. The maximum Gasteiger partial charge on any atom is 0.279 e. The van der Waals surface area contributed by atoms with Gasteiger partial charge >= 0.3 is 0 Å². The average Bonchev–Trinajstić information content (AvgIpc) is 2.86. The number of rotatable bonds is 2. The Balaban J connectivity index is 2.19. The van der Waals surface area contributed by atoms with Crippen molar-refractivity contribution in [2.75, 3.05) is 0 Å². The van der Waals surface area contributed by atoms with Crippen LogP contribution < -0.4 is 4.80 Å². The van der Waals surface area contributed by atoms with Crippen LogP contribution in [-0.4, -0.2) is 10.5 Å². The van der Waals surface area contributed by atoms with Gasteiger partial charge in [0.05, 0.1) is 16.8 Å². The molecule has 0 atom stereocenters. The summed E-state index contributed by atoms with van der Waals surface area (Å²) >= 11 is 1.39. The van der Waals surface area contributed by atoms with Crippen LogP contribution in [0.15, 0.2) is 47.5 Å². The Morgan fingerprint density at radius 3 is 2.87 bits per heavy atom. The van der Waals surface area contributed by atoms with Crippen molar-refractivity contribution in [3.8, 4) is 12.3 Å². The van der Waals surface area contributed by atoms with Crippen LogP contribution in [0.25, 0.3) is 10.2 Å². The Hall–Kier alpha value is -2.71. The van der Waals surface area contributed by atoms with Gasteiger partial charge in [-0.3, -0.25) is 4.79 Å². The van der Waals surface area contributed by atoms with Gasteiger partial charge in [0.25, 0.3) is 5.91 Å². The van der Waals surface area contributed by atoms with Crippen LogP contribution in [0.5, 0.6) is 0 Å². The molecule has 3 nitrogen and oxygen atoms in total. The first-order valence-electron chi connectivity index (χ1n) is 6.97. The van der Waals surface area contributed by atoms with Gasteiger partial charge in [0.1, 0.15) is 5.82 Å². The molecule has 0 radical (unpaired) electrons. The Bertz CT molecular complexity index is 1010. The van der Waals surface area contributed by atoms with Gasteiger partial charge in [0.15, 0.2) is 4.80 Å². The summed E-state index contributed by atoms with van der Waals surface area (Å²) in [6, 6.07) is 11.4. The van der Waals surface area contributed by atoms with Crippen molar-refractivity contribution in [1.82, 2.24) is 4.57 Å². The van der Waals surface area contributed by atoms with Crippen molar-refractivity contribution < 1.29 is 9.18 Å². The molecule has 0 bridgehead atoms. The summed E-state index contributed by atoms with van der Waals surface area (Å²) in [4.78, 5) is 17.0. The van der Waals surface area contributed by atoms with Gasteiger partial charge in [-0.2, -0.15) is 4.99 Å². The van der Waals surface area contributed by atoms with Crippen molar-refractivity contribution in [3.05, 3.63) is 64.2 Å². The van der Waals surface area contributed by atoms with Crippen molar-refractivity contribution >= 4 is 27.5 Å². The van der Waals surface area contributed by atoms with Gasteiger partial charge in [-0.25, -0.2) is 4.39 Å². The number of carbonyl (C=O) groups excluding carboxylic acids is 1. The fourth-order valence-electron chi connectivity index (χ4n) is 2.40. The molecule has 3 rings (SSSR count). The molecule has 0 spiro atoms. The summed E-state index contributed by atoms with van der Waals surface area (Å²) in [6.45, 7) is 2.31. The molecule has 1 heterocycles. The van der Waals surface area contributed by atoms with E-state index in [-0.39, 0.29) is 5.56 Å². The predicted octanol–water partition coefficient (Wildman–Crippen LogP) is 3.52. The first kappa shape index (κ1) is 15.2. The molecular formula is C18H13FN2OS. The number of benzene rings is 2. The molecule has 0 aliphatic carbocycles. The number of para-hydroxylation sites is 1. The van der Waals surface area contributed by atoms with Gasteiger partial charge in [-0.15, -0.1) is 6.42 Å². The van der Waals surface area contributed by atoms with E-state index in [1.165, 1.54) is 29.5 Å². The number of carbonyl (C=O) groups is 1. The Kier molecular flexibility index (Phi) is 4.09. The SMILES string of the molecule is C#CCn1c(=NC(=O)c2cccc(F)c2)sc2cccc(C)c21. The number of terminal acetylenes is 1. The molecule has 1 aromatic heterocycles. The van der Waals surface area contributed by atoms with Crippen molar-refractivity contribution in [2.24, 2.45) is 4.99 Å². The van der Waals surface area contributed by atoms with Gasteiger partial charge in [-0.1, -0.05) is 35.5 Å². The molecular weight excluding hydrogens is 311 g/mol. The fourth-order valence-corrected chi connectivity index (χ4v) is 3.51. The molecule has 0 aliphatic heterocycles. The first-order chi connectivity index (χ1) is 11.1. The summed E-state index contributed by atoms with van der Waals surface area (Å²) in [5.41, 5.74) is 2.25. The van der Waals surface area contributed by atoms with Gasteiger partial charge < -0.3 is 4.57 Å². The Labute approximate surface area is 136 Å².